The zero-order valence-corrected chi connectivity index (χ0v) is 14.4. The molecule has 2 rings (SSSR count). The summed E-state index contributed by atoms with van der Waals surface area (Å²) in [6, 6.07) is 4.31. The number of methoxy groups -OCH3 is 2. The lowest BCUT2D eigenvalue weighted by atomic mass is 9.83. The molecule has 1 heterocycles. The van der Waals surface area contributed by atoms with Gasteiger partial charge in [-0.3, -0.25) is 0 Å². The highest BCUT2D eigenvalue weighted by Crippen LogP contribution is 2.37. The third-order valence-electron chi connectivity index (χ3n) is 3.43. The van der Waals surface area contributed by atoms with Crippen LogP contribution in [-0.2, 0) is 19.1 Å². The van der Waals surface area contributed by atoms with E-state index in [1.54, 1.807) is 24.3 Å². The van der Waals surface area contributed by atoms with Crippen LogP contribution in [0.1, 0.15) is 11.5 Å². The van der Waals surface area contributed by atoms with E-state index in [1.165, 1.54) is 32.4 Å². The fourth-order valence-electron chi connectivity index (χ4n) is 2.42. The second kappa shape index (κ2) is 6.95. The highest BCUT2D eigenvalue weighted by atomic mass is 79.9. The van der Waals surface area contributed by atoms with Crippen LogP contribution in [0.15, 0.2) is 46.2 Å². The zero-order chi connectivity index (χ0) is 17.1. The number of nitrogens with zero attached hydrogens (tertiary/aromatic N) is 1. The van der Waals surface area contributed by atoms with Crippen LogP contribution in [0.4, 0.5) is 4.39 Å². The monoisotopic (exact) mass is 383 g/mol. The molecular weight excluding hydrogens is 369 g/mol. The van der Waals surface area contributed by atoms with Crippen molar-refractivity contribution >= 4 is 27.9 Å². The number of esters is 2. The number of carbonyl (C=O) groups is 2. The first-order valence-electron chi connectivity index (χ1n) is 6.66. The third-order valence-corrected chi connectivity index (χ3v) is 4.03. The molecule has 122 valence electrons. The molecule has 0 N–H and O–H groups in total. The second-order valence-electron chi connectivity index (χ2n) is 4.92. The summed E-state index contributed by atoms with van der Waals surface area (Å²) in [5.74, 6) is -2.29. The first-order chi connectivity index (χ1) is 10.9. The Morgan fingerprint density at radius 3 is 2.09 bits per heavy atom. The Morgan fingerprint density at radius 1 is 1.13 bits per heavy atom. The fourth-order valence-corrected chi connectivity index (χ4v) is 2.82. The summed E-state index contributed by atoms with van der Waals surface area (Å²) in [4.78, 5) is 25.8. The van der Waals surface area contributed by atoms with E-state index < -0.39 is 23.7 Å². The van der Waals surface area contributed by atoms with Gasteiger partial charge in [-0.2, -0.15) is 0 Å². The normalized spacial score (nSPS) is 14.9. The Bertz CT molecular complexity index is 680. The number of benzene rings is 1. The van der Waals surface area contributed by atoms with Crippen molar-refractivity contribution in [1.82, 2.24) is 4.90 Å². The topological polar surface area (TPSA) is 55.8 Å². The largest absolute Gasteiger partial charge is 0.466 e. The van der Waals surface area contributed by atoms with Crippen molar-refractivity contribution in [2.45, 2.75) is 5.92 Å². The average molecular weight is 384 g/mol. The van der Waals surface area contributed by atoms with Gasteiger partial charge < -0.3 is 14.4 Å². The molecule has 7 heteroatoms. The van der Waals surface area contributed by atoms with E-state index in [0.29, 0.717) is 5.56 Å². The number of ether oxygens (including phenoxy) is 2. The van der Waals surface area contributed by atoms with Crippen molar-refractivity contribution in [3.8, 4) is 0 Å². The maximum atomic E-state index is 13.5. The summed E-state index contributed by atoms with van der Waals surface area (Å²) in [5.41, 5.74) is 1.09. The molecule has 1 aliphatic heterocycles. The summed E-state index contributed by atoms with van der Waals surface area (Å²) in [6.07, 6.45) is 3.14. The molecule has 0 aromatic heterocycles. The van der Waals surface area contributed by atoms with E-state index in [-0.39, 0.29) is 15.6 Å². The lowest BCUT2D eigenvalue weighted by molar-refractivity contribution is -0.137. The molecule has 0 atom stereocenters. The molecule has 0 amide bonds. The predicted molar refractivity (Wildman–Crippen MR) is 84.8 cm³/mol. The Kier molecular flexibility index (Phi) is 5.20. The molecule has 5 nitrogen and oxygen atoms in total. The summed E-state index contributed by atoms with van der Waals surface area (Å²) < 4.78 is 23.4. The molecule has 1 aromatic carbocycles. The number of hydrogen-bond donors (Lipinski definition) is 0. The first kappa shape index (κ1) is 17.2. The molecule has 0 saturated heterocycles. The van der Waals surface area contributed by atoms with Crippen LogP contribution in [0.25, 0.3) is 0 Å². The van der Waals surface area contributed by atoms with Crippen molar-refractivity contribution < 1.29 is 23.5 Å². The van der Waals surface area contributed by atoms with E-state index in [4.69, 9.17) is 9.47 Å². The molecule has 0 saturated carbocycles. The van der Waals surface area contributed by atoms with Crippen LogP contribution in [0, 0.1) is 5.82 Å². The Hall–Kier alpha value is -2.15. The van der Waals surface area contributed by atoms with Gasteiger partial charge in [-0.15, -0.1) is 0 Å². The van der Waals surface area contributed by atoms with Crippen molar-refractivity contribution in [1.29, 1.82) is 0 Å². The number of halogens is 2. The fraction of sp³-hybridized carbons (Fsp3) is 0.250. The Balaban J connectivity index is 2.60. The minimum atomic E-state index is -0.706. The van der Waals surface area contributed by atoms with Gasteiger partial charge in [-0.1, -0.05) is 6.07 Å². The van der Waals surface area contributed by atoms with Crippen molar-refractivity contribution in [2.75, 3.05) is 21.3 Å². The van der Waals surface area contributed by atoms with E-state index in [0.717, 1.165) is 0 Å². The number of rotatable bonds is 3. The van der Waals surface area contributed by atoms with Gasteiger partial charge in [0, 0.05) is 19.4 Å². The van der Waals surface area contributed by atoms with Gasteiger partial charge in [0.1, 0.15) is 5.82 Å². The lowest BCUT2D eigenvalue weighted by Gasteiger charge is -2.28. The molecule has 23 heavy (non-hydrogen) atoms. The molecule has 1 aromatic rings. The summed E-state index contributed by atoms with van der Waals surface area (Å²) in [7, 11) is 4.20. The van der Waals surface area contributed by atoms with Crippen LogP contribution < -0.4 is 0 Å². The van der Waals surface area contributed by atoms with Crippen molar-refractivity contribution in [3.05, 3.63) is 57.6 Å². The summed E-state index contributed by atoms with van der Waals surface area (Å²) in [5, 5.41) is 0. The van der Waals surface area contributed by atoms with Gasteiger partial charge in [0.05, 0.1) is 35.8 Å². The minimum absolute atomic E-state index is 0.238. The van der Waals surface area contributed by atoms with Gasteiger partial charge in [0.25, 0.3) is 0 Å². The molecular formula is C16H15BrFNO4. The third kappa shape index (κ3) is 3.44. The molecule has 0 bridgehead atoms. The molecule has 0 fully saturated rings. The van der Waals surface area contributed by atoms with E-state index >= 15 is 0 Å². The smallest absolute Gasteiger partial charge is 0.336 e. The van der Waals surface area contributed by atoms with Crippen molar-refractivity contribution in [3.63, 3.8) is 0 Å². The lowest BCUT2D eigenvalue weighted by Crippen LogP contribution is -2.27. The predicted octanol–water partition coefficient (Wildman–Crippen LogP) is 2.73. The Morgan fingerprint density at radius 2 is 1.65 bits per heavy atom. The molecule has 1 aliphatic rings. The van der Waals surface area contributed by atoms with E-state index in [2.05, 4.69) is 15.9 Å². The molecule has 0 unspecified atom stereocenters. The SMILES string of the molecule is COC(=O)C1=CN(C)C=C(C(=O)OC)C1c1ccc(F)c(Br)c1. The van der Waals surface area contributed by atoms with Gasteiger partial charge in [-0.05, 0) is 33.6 Å². The quantitative estimate of drug-likeness (QED) is 0.751. The van der Waals surface area contributed by atoms with E-state index in [1.807, 2.05) is 0 Å². The van der Waals surface area contributed by atoms with Gasteiger partial charge in [0.2, 0.25) is 0 Å². The molecule has 0 spiro atoms. The van der Waals surface area contributed by atoms with Crippen LogP contribution in [0.3, 0.4) is 0 Å². The Labute approximate surface area is 141 Å². The number of hydrogen-bond acceptors (Lipinski definition) is 5. The second-order valence-corrected chi connectivity index (χ2v) is 5.78. The maximum Gasteiger partial charge on any atom is 0.336 e. The van der Waals surface area contributed by atoms with Gasteiger partial charge in [0.15, 0.2) is 0 Å². The average Bonchev–Trinajstić information content (AvgIpc) is 2.55. The first-order valence-corrected chi connectivity index (χ1v) is 7.45. The summed E-state index contributed by atoms with van der Waals surface area (Å²) in [6.45, 7) is 0. The van der Waals surface area contributed by atoms with Crippen LogP contribution in [0.2, 0.25) is 0 Å². The van der Waals surface area contributed by atoms with Crippen molar-refractivity contribution in [2.24, 2.45) is 0 Å². The molecule has 0 radical (unpaired) electrons. The maximum absolute atomic E-state index is 13.5. The minimum Gasteiger partial charge on any atom is -0.466 e. The number of carbonyl (C=O) groups excluding carboxylic acids is 2. The van der Waals surface area contributed by atoms with Gasteiger partial charge >= 0.3 is 11.9 Å². The van der Waals surface area contributed by atoms with Crippen LogP contribution in [-0.4, -0.2) is 38.1 Å². The highest BCUT2D eigenvalue weighted by molar-refractivity contribution is 9.10. The van der Waals surface area contributed by atoms with Crippen LogP contribution >= 0.6 is 15.9 Å². The van der Waals surface area contributed by atoms with Gasteiger partial charge in [-0.25, -0.2) is 14.0 Å². The highest BCUT2D eigenvalue weighted by Gasteiger charge is 2.34. The zero-order valence-electron chi connectivity index (χ0n) is 12.8. The summed E-state index contributed by atoms with van der Waals surface area (Å²) >= 11 is 3.12. The van der Waals surface area contributed by atoms with Crippen LogP contribution in [0.5, 0.6) is 0 Å². The molecule has 0 aliphatic carbocycles. The standard InChI is InChI=1S/C16H15BrFNO4/c1-19-7-10(15(20)22-2)14(11(8-19)16(21)23-3)9-4-5-13(18)12(17)6-9/h4-8,14H,1-3H3. The van der Waals surface area contributed by atoms with E-state index in [9.17, 15) is 14.0 Å².